The quantitative estimate of drug-likeness (QED) is 0.749. The summed E-state index contributed by atoms with van der Waals surface area (Å²) >= 11 is 5.79. The first-order chi connectivity index (χ1) is 9.15. The minimum atomic E-state index is -0.155. The van der Waals surface area contributed by atoms with Gasteiger partial charge in [-0.1, -0.05) is 44.7 Å². The molecule has 19 heavy (non-hydrogen) atoms. The number of rotatable bonds is 7. The van der Waals surface area contributed by atoms with Gasteiger partial charge in [0.2, 0.25) is 0 Å². The van der Waals surface area contributed by atoms with E-state index in [1.54, 1.807) is 24.3 Å². The number of nitrogens with one attached hydrogen (secondary N) is 2. The van der Waals surface area contributed by atoms with E-state index in [0.29, 0.717) is 10.9 Å². The number of hydrogen-bond donors (Lipinski definition) is 2. The number of benzene rings is 1. The van der Waals surface area contributed by atoms with Crippen molar-refractivity contribution < 1.29 is 4.79 Å². The minimum absolute atomic E-state index is 0.155. The van der Waals surface area contributed by atoms with E-state index in [0.717, 1.165) is 18.7 Å². The van der Waals surface area contributed by atoms with E-state index < -0.39 is 0 Å². The fourth-order valence-corrected chi connectivity index (χ4v) is 2.01. The normalized spacial score (nSPS) is 11.9. The molecule has 0 bridgehead atoms. The fourth-order valence-electron chi connectivity index (χ4n) is 1.89. The van der Waals surface area contributed by atoms with Crippen molar-refractivity contribution in [3.8, 4) is 0 Å². The molecule has 0 saturated carbocycles. The third kappa shape index (κ3) is 6.48. The molecule has 106 valence electrons. The van der Waals surface area contributed by atoms with Crippen LogP contribution in [0.5, 0.6) is 0 Å². The molecule has 3 nitrogen and oxygen atoms in total. The van der Waals surface area contributed by atoms with Crippen LogP contribution in [0, 0.1) is 5.92 Å². The van der Waals surface area contributed by atoms with Crippen molar-refractivity contribution in [3.05, 3.63) is 29.3 Å². The van der Waals surface area contributed by atoms with Crippen LogP contribution in [0.3, 0.4) is 0 Å². The van der Waals surface area contributed by atoms with Crippen LogP contribution in [0.25, 0.3) is 0 Å². The predicted molar refractivity (Wildman–Crippen MR) is 81.8 cm³/mol. The molecular formula is C15H23ClN2O. The monoisotopic (exact) mass is 282 g/mol. The zero-order valence-corrected chi connectivity index (χ0v) is 12.5. The summed E-state index contributed by atoms with van der Waals surface area (Å²) in [5.41, 5.74) is 0.753. The van der Waals surface area contributed by atoms with Crippen LogP contribution in [0.4, 0.5) is 10.5 Å². The first kappa shape index (κ1) is 15.8. The van der Waals surface area contributed by atoms with Crippen molar-refractivity contribution in [1.82, 2.24) is 5.32 Å². The number of carbonyl (C=O) groups excluding carboxylic acids is 1. The molecule has 0 aliphatic carbocycles. The van der Waals surface area contributed by atoms with Crippen LogP contribution in [0.1, 0.15) is 39.5 Å². The molecule has 2 amide bonds. The minimum Gasteiger partial charge on any atom is -0.338 e. The van der Waals surface area contributed by atoms with Crippen molar-refractivity contribution in [2.45, 2.75) is 39.5 Å². The van der Waals surface area contributed by atoms with Crippen LogP contribution in [0.15, 0.2) is 24.3 Å². The zero-order valence-electron chi connectivity index (χ0n) is 11.7. The summed E-state index contributed by atoms with van der Waals surface area (Å²) in [7, 11) is 0. The SMILES string of the molecule is CCCCC(CC)CNC(=O)Nc1ccc(Cl)cc1. The molecule has 0 aliphatic rings. The van der Waals surface area contributed by atoms with Gasteiger partial charge < -0.3 is 10.6 Å². The lowest BCUT2D eigenvalue weighted by molar-refractivity contribution is 0.249. The van der Waals surface area contributed by atoms with Crippen molar-refractivity contribution in [2.24, 2.45) is 5.92 Å². The molecular weight excluding hydrogens is 260 g/mol. The van der Waals surface area contributed by atoms with E-state index in [4.69, 9.17) is 11.6 Å². The van der Waals surface area contributed by atoms with E-state index in [1.807, 2.05) is 0 Å². The lowest BCUT2D eigenvalue weighted by atomic mass is 9.99. The maximum absolute atomic E-state index is 11.7. The Hall–Kier alpha value is -1.22. The largest absolute Gasteiger partial charge is 0.338 e. The molecule has 1 aromatic carbocycles. The third-order valence-electron chi connectivity index (χ3n) is 3.20. The Kier molecular flexibility index (Phi) is 7.34. The van der Waals surface area contributed by atoms with Gasteiger partial charge in [-0.2, -0.15) is 0 Å². The summed E-state index contributed by atoms with van der Waals surface area (Å²) in [6.45, 7) is 5.09. The summed E-state index contributed by atoms with van der Waals surface area (Å²) in [6, 6.07) is 6.94. The molecule has 1 unspecified atom stereocenters. The number of hydrogen-bond acceptors (Lipinski definition) is 1. The number of halogens is 1. The van der Waals surface area contributed by atoms with Crippen molar-refractivity contribution >= 4 is 23.3 Å². The van der Waals surface area contributed by atoms with Gasteiger partial charge in [0.25, 0.3) is 0 Å². The standard InChI is InChI=1S/C15H23ClN2O/c1-3-5-6-12(4-2)11-17-15(19)18-14-9-7-13(16)8-10-14/h7-10,12H,3-6,11H2,1-2H3,(H2,17,18,19). The van der Waals surface area contributed by atoms with Crippen LogP contribution in [0.2, 0.25) is 5.02 Å². The lowest BCUT2D eigenvalue weighted by Crippen LogP contribution is -2.33. The number of anilines is 1. The number of carbonyl (C=O) groups is 1. The molecule has 0 heterocycles. The van der Waals surface area contributed by atoms with Gasteiger partial charge in [0, 0.05) is 17.3 Å². The highest BCUT2D eigenvalue weighted by atomic mass is 35.5. The average molecular weight is 283 g/mol. The van der Waals surface area contributed by atoms with E-state index >= 15 is 0 Å². The summed E-state index contributed by atoms with van der Waals surface area (Å²) in [5, 5.41) is 6.38. The summed E-state index contributed by atoms with van der Waals surface area (Å²) in [4.78, 5) is 11.7. The van der Waals surface area contributed by atoms with Gasteiger partial charge in [0.05, 0.1) is 0 Å². The first-order valence-corrected chi connectivity index (χ1v) is 7.33. The molecule has 2 N–H and O–H groups in total. The van der Waals surface area contributed by atoms with Gasteiger partial charge in [-0.3, -0.25) is 0 Å². The number of urea groups is 1. The van der Waals surface area contributed by atoms with Crippen molar-refractivity contribution in [2.75, 3.05) is 11.9 Å². The molecule has 4 heteroatoms. The Morgan fingerprint density at radius 1 is 1.26 bits per heavy atom. The van der Waals surface area contributed by atoms with Crippen LogP contribution in [-0.2, 0) is 0 Å². The predicted octanol–water partition coefficient (Wildman–Crippen LogP) is 4.68. The second kappa shape index (κ2) is 8.81. The maximum atomic E-state index is 11.7. The van der Waals surface area contributed by atoms with Gasteiger partial charge in [0.15, 0.2) is 0 Å². The van der Waals surface area contributed by atoms with Crippen LogP contribution >= 0.6 is 11.6 Å². The highest BCUT2D eigenvalue weighted by Crippen LogP contribution is 2.14. The molecule has 1 atom stereocenters. The van der Waals surface area contributed by atoms with Crippen LogP contribution in [-0.4, -0.2) is 12.6 Å². The second-order valence-corrected chi connectivity index (χ2v) is 5.19. The number of unbranched alkanes of at least 4 members (excludes halogenated alkanes) is 1. The Balaban J connectivity index is 2.32. The first-order valence-electron chi connectivity index (χ1n) is 6.96. The molecule has 0 fully saturated rings. The summed E-state index contributed by atoms with van der Waals surface area (Å²) in [6.07, 6.45) is 4.70. The van der Waals surface area contributed by atoms with Gasteiger partial charge in [-0.05, 0) is 36.6 Å². The third-order valence-corrected chi connectivity index (χ3v) is 3.45. The number of amides is 2. The highest BCUT2D eigenvalue weighted by Gasteiger charge is 2.08. The molecule has 0 radical (unpaired) electrons. The Morgan fingerprint density at radius 3 is 2.53 bits per heavy atom. The topological polar surface area (TPSA) is 41.1 Å². The van der Waals surface area contributed by atoms with Gasteiger partial charge in [-0.25, -0.2) is 4.79 Å². The van der Waals surface area contributed by atoms with Crippen LogP contribution < -0.4 is 10.6 Å². The lowest BCUT2D eigenvalue weighted by Gasteiger charge is -2.15. The molecule has 1 rings (SSSR count). The smallest absolute Gasteiger partial charge is 0.319 e. The Bertz CT molecular complexity index is 378. The molecule has 1 aromatic rings. The summed E-state index contributed by atoms with van der Waals surface area (Å²) < 4.78 is 0. The second-order valence-electron chi connectivity index (χ2n) is 4.76. The van der Waals surface area contributed by atoms with Gasteiger partial charge in [-0.15, -0.1) is 0 Å². The zero-order chi connectivity index (χ0) is 14.1. The van der Waals surface area contributed by atoms with Gasteiger partial charge in [0.1, 0.15) is 0 Å². The molecule has 0 aromatic heterocycles. The van der Waals surface area contributed by atoms with Crippen molar-refractivity contribution in [3.63, 3.8) is 0 Å². The van der Waals surface area contributed by atoms with E-state index in [9.17, 15) is 4.79 Å². The highest BCUT2D eigenvalue weighted by molar-refractivity contribution is 6.30. The average Bonchev–Trinajstić information content (AvgIpc) is 2.42. The Labute approximate surface area is 120 Å². The van der Waals surface area contributed by atoms with Gasteiger partial charge >= 0.3 is 6.03 Å². The fraction of sp³-hybridized carbons (Fsp3) is 0.533. The van der Waals surface area contributed by atoms with E-state index in [-0.39, 0.29) is 6.03 Å². The molecule has 0 spiro atoms. The van der Waals surface area contributed by atoms with E-state index in [1.165, 1.54) is 19.3 Å². The molecule has 0 saturated heterocycles. The van der Waals surface area contributed by atoms with Crippen molar-refractivity contribution in [1.29, 1.82) is 0 Å². The molecule has 0 aliphatic heterocycles. The van der Waals surface area contributed by atoms with E-state index in [2.05, 4.69) is 24.5 Å². The Morgan fingerprint density at radius 2 is 1.95 bits per heavy atom. The summed E-state index contributed by atoms with van der Waals surface area (Å²) in [5.74, 6) is 0.566. The maximum Gasteiger partial charge on any atom is 0.319 e.